The monoisotopic (exact) mass is 284 g/mol. The van der Waals surface area contributed by atoms with Crippen LogP contribution in [0.1, 0.15) is 12.5 Å². The highest BCUT2D eigenvalue weighted by molar-refractivity contribution is 5.99. The first-order valence-corrected chi connectivity index (χ1v) is 7.10. The molecule has 2 N–H and O–H groups in total. The highest BCUT2D eigenvalue weighted by atomic mass is 16.5. The van der Waals surface area contributed by atoms with Crippen molar-refractivity contribution in [2.24, 2.45) is 0 Å². The van der Waals surface area contributed by atoms with E-state index >= 15 is 0 Å². The van der Waals surface area contributed by atoms with Crippen LogP contribution in [0.4, 0.5) is 11.4 Å². The number of carbonyl (C=O) groups excluding carboxylic acids is 1. The topological polar surface area (TPSA) is 68.2 Å². The van der Waals surface area contributed by atoms with Crippen molar-refractivity contribution in [3.05, 3.63) is 30.6 Å². The van der Waals surface area contributed by atoms with Crippen LogP contribution in [0.15, 0.2) is 30.6 Å². The van der Waals surface area contributed by atoms with Crippen LogP contribution in [0.25, 0.3) is 11.1 Å². The second-order valence-electron chi connectivity index (χ2n) is 5.35. The molecule has 6 nitrogen and oxygen atoms in total. The second kappa shape index (κ2) is 4.89. The van der Waals surface area contributed by atoms with E-state index in [-0.39, 0.29) is 5.91 Å². The number of nitrogens with one attached hydrogen (secondary N) is 2. The predicted molar refractivity (Wildman–Crippen MR) is 79.3 cm³/mol. The number of benzene rings is 1. The summed E-state index contributed by atoms with van der Waals surface area (Å²) in [6.45, 7) is 2.09. The summed E-state index contributed by atoms with van der Waals surface area (Å²) >= 11 is 0. The van der Waals surface area contributed by atoms with Crippen LogP contribution < -0.4 is 10.6 Å². The number of rotatable bonds is 2. The van der Waals surface area contributed by atoms with Crippen molar-refractivity contribution in [1.82, 2.24) is 9.78 Å². The summed E-state index contributed by atoms with van der Waals surface area (Å²) in [4.78, 5) is 11.7. The van der Waals surface area contributed by atoms with Crippen molar-refractivity contribution in [2.45, 2.75) is 12.5 Å². The molecule has 0 unspecified atom stereocenters. The fourth-order valence-corrected chi connectivity index (χ4v) is 2.65. The van der Waals surface area contributed by atoms with Gasteiger partial charge in [-0.1, -0.05) is 12.1 Å². The van der Waals surface area contributed by atoms with E-state index in [1.165, 1.54) is 0 Å². The number of nitrogens with zero attached hydrogens (tertiary/aromatic N) is 2. The first-order chi connectivity index (χ1) is 10.3. The van der Waals surface area contributed by atoms with Gasteiger partial charge in [0.05, 0.1) is 36.8 Å². The summed E-state index contributed by atoms with van der Waals surface area (Å²) in [5.41, 5.74) is 3.89. The van der Waals surface area contributed by atoms with Crippen LogP contribution in [0.2, 0.25) is 0 Å². The van der Waals surface area contributed by atoms with Crippen LogP contribution in [-0.4, -0.2) is 35.4 Å². The number of fused-ring (bicyclic) bond motifs is 1. The second-order valence-corrected chi connectivity index (χ2v) is 5.35. The highest BCUT2D eigenvalue weighted by Crippen LogP contribution is 2.35. The Morgan fingerprint density at radius 1 is 1.33 bits per heavy atom. The smallest absolute Gasteiger partial charge is 0.226 e. The van der Waals surface area contributed by atoms with Gasteiger partial charge in [0.25, 0.3) is 0 Å². The van der Waals surface area contributed by atoms with Crippen LogP contribution in [-0.2, 0) is 9.53 Å². The number of hydrogen-bond donors (Lipinski definition) is 2. The highest BCUT2D eigenvalue weighted by Gasteiger charge is 2.22. The summed E-state index contributed by atoms with van der Waals surface area (Å²) in [7, 11) is 0. The van der Waals surface area contributed by atoms with Gasteiger partial charge < -0.3 is 15.4 Å². The zero-order chi connectivity index (χ0) is 14.2. The number of hydrogen-bond acceptors (Lipinski definition) is 4. The Balaban J connectivity index is 1.73. The molecule has 4 rings (SSSR count). The van der Waals surface area contributed by atoms with Gasteiger partial charge in [0, 0.05) is 30.3 Å². The van der Waals surface area contributed by atoms with E-state index in [4.69, 9.17) is 4.74 Å². The van der Waals surface area contributed by atoms with Gasteiger partial charge in [-0.3, -0.25) is 9.48 Å². The lowest BCUT2D eigenvalue weighted by Crippen LogP contribution is -2.30. The van der Waals surface area contributed by atoms with Gasteiger partial charge in [0.1, 0.15) is 0 Å². The van der Waals surface area contributed by atoms with E-state index in [1.807, 2.05) is 35.3 Å². The quantitative estimate of drug-likeness (QED) is 0.883. The number of para-hydroxylation sites is 1. The van der Waals surface area contributed by atoms with Gasteiger partial charge in [0.15, 0.2) is 0 Å². The molecule has 0 atom stereocenters. The van der Waals surface area contributed by atoms with Crippen molar-refractivity contribution < 1.29 is 9.53 Å². The van der Waals surface area contributed by atoms with E-state index in [2.05, 4.69) is 15.7 Å². The lowest BCUT2D eigenvalue weighted by molar-refractivity contribution is -0.115. The Hall–Kier alpha value is -2.34. The number of ether oxygens (including phenoxy) is 1. The molecule has 2 aromatic rings. The molecule has 1 saturated heterocycles. The molecule has 3 heterocycles. The summed E-state index contributed by atoms with van der Waals surface area (Å²) in [6, 6.07) is 6.25. The van der Waals surface area contributed by atoms with E-state index < -0.39 is 0 Å². The van der Waals surface area contributed by atoms with Gasteiger partial charge >= 0.3 is 0 Å². The Bertz CT molecular complexity index is 691. The van der Waals surface area contributed by atoms with Gasteiger partial charge in [-0.15, -0.1) is 0 Å². The molecule has 21 heavy (non-hydrogen) atoms. The fourth-order valence-electron chi connectivity index (χ4n) is 2.65. The van der Waals surface area contributed by atoms with Crippen LogP contribution >= 0.6 is 0 Å². The molecule has 0 spiro atoms. The first kappa shape index (κ1) is 12.4. The largest absolute Gasteiger partial charge is 0.382 e. The molecule has 0 radical (unpaired) electrons. The Labute approximate surface area is 122 Å². The summed E-state index contributed by atoms with van der Waals surface area (Å²) in [5, 5.41) is 10.7. The average molecular weight is 284 g/mol. The summed E-state index contributed by atoms with van der Waals surface area (Å²) in [6.07, 6.45) is 4.38. The molecule has 1 aromatic carbocycles. The first-order valence-electron chi connectivity index (χ1n) is 7.10. The number of amides is 1. The molecule has 0 saturated carbocycles. The number of aromatic nitrogens is 2. The zero-order valence-corrected chi connectivity index (χ0v) is 11.5. The molecule has 0 bridgehead atoms. The third-order valence-corrected chi connectivity index (χ3v) is 3.90. The van der Waals surface area contributed by atoms with E-state index in [1.54, 1.807) is 0 Å². The molecule has 2 aliphatic rings. The van der Waals surface area contributed by atoms with Crippen LogP contribution in [0.5, 0.6) is 0 Å². The third kappa shape index (κ3) is 2.17. The van der Waals surface area contributed by atoms with E-state index in [0.717, 1.165) is 35.7 Å². The Morgan fingerprint density at radius 3 is 3.05 bits per heavy atom. The van der Waals surface area contributed by atoms with Crippen molar-refractivity contribution in [3.63, 3.8) is 0 Å². The summed E-state index contributed by atoms with van der Waals surface area (Å²) < 4.78 is 7.15. The predicted octanol–water partition coefficient (Wildman–Crippen LogP) is 1.88. The minimum atomic E-state index is 0.0423. The fraction of sp³-hybridized carbons (Fsp3) is 0.333. The normalized spacial score (nSPS) is 18.2. The molecule has 2 aliphatic heterocycles. The SMILES string of the molecule is O=C1CCNc2c(cccc2-c2cnn(C3COC3)c2)N1. The molecule has 108 valence electrons. The minimum absolute atomic E-state index is 0.0423. The standard InChI is InChI=1S/C15H16N4O2/c20-14-4-5-16-15-12(2-1-3-13(15)18-14)10-6-17-19(7-10)11-8-21-9-11/h1-3,6-7,11,16H,4-5,8-9H2,(H,18,20). The molecule has 0 aliphatic carbocycles. The number of carbonyl (C=O) groups is 1. The lowest BCUT2D eigenvalue weighted by atomic mass is 10.1. The lowest BCUT2D eigenvalue weighted by Gasteiger charge is -2.25. The van der Waals surface area contributed by atoms with Gasteiger partial charge in [-0.2, -0.15) is 5.10 Å². The molecule has 6 heteroatoms. The van der Waals surface area contributed by atoms with E-state index in [0.29, 0.717) is 19.0 Å². The van der Waals surface area contributed by atoms with Crippen LogP contribution in [0.3, 0.4) is 0 Å². The maximum atomic E-state index is 11.7. The van der Waals surface area contributed by atoms with Crippen molar-refractivity contribution in [3.8, 4) is 11.1 Å². The third-order valence-electron chi connectivity index (χ3n) is 3.90. The van der Waals surface area contributed by atoms with Gasteiger partial charge in [-0.25, -0.2) is 0 Å². The van der Waals surface area contributed by atoms with Crippen LogP contribution in [0, 0.1) is 0 Å². The van der Waals surface area contributed by atoms with Gasteiger partial charge in [-0.05, 0) is 6.07 Å². The van der Waals surface area contributed by atoms with Crippen molar-refractivity contribution >= 4 is 17.3 Å². The van der Waals surface area contributed by atoms with Crippen molar-refractivity contribution in [1.29, 1.82) is 0 Å². The number of anilines is 2. The average Bonchev–Trinajstić information content (AvgIpc) is 2.78. The molecule has 1 amide bonds. The van der Waals surface area contributed by atoms with Gasteiger partial charge in [0.2, 0.25) is 5.91 Å². The maximum Gasteiger partial charge on any atom is 0.226 e. The molecular formula is C15H16N4O2. The molecule has 1 fully saturated rings. The Kier molecular flexibility index (Phi) is 2.89. The molecular weight excluding hydrogens is 268 g/mol. The maximum absolute atomic E-state index is 11.7. The zero-order valence-electron chi connectivity index (χ0n) is 11.5. The minimum Gasteiger partial charge on any atom is -0.382 e. The molecule has 1 aromatic heterocycles. The Morgan fingerprint density at radius 2 is 2.24 bits per heavy atom. The summed E-state index contributed by atoms with van der Waals surface area (Å²) in [5.74, 6) is 0.0423. The van der Waals surface area contributed by atoms with Crippen molar-refractivity contribution in [2.75, 3.05) is 30.4 Å². The van der Waals surface area contributed by atoms with E-state index in [9.17, 15) is 4.79 Å².